The van der Waals surface area contributed by atoms with Crippen LogP contribution in [0.1, 0.15) is 15.9 Å². The van der Waals surface area contributed by atoms with Gasteiger partial charge in [-0.2, -0.15) is 8.42 Å². The molecule has 6 heteroatoms. The molecule has 0 saturated carbocycles. The van der Waals surface area contributed by atoms with Crippen LogP contribution in [-0.4, -0.2) is 20.6 Å². The molecule has 128 valence electrons. The number of carbonyl (C=O) groups is 1. The fourth-order valence-corrected chi connectivity index (χ4v) is 2.80. The molecule has 0 aliphatic carbocycles. The van der Waals surface area contributed by atoms with E-state index >= 15 is 0 Å². The van der Waals surface area contributed by atoms with Gasteiger partial charge in [-0.1, -0.05) is 48.5 Å². The molecular weight excluding hydrogens is 340 g/mol. The van der Waals surface area contributed by atoms with Crippen molar-refractivity contribution in [2.45, 2.75) is 6.61 Å². The predicted molar refractivity (Wildman–Crippen MR) is 95.0 cm³/mol. The molecule has 0 spiro atoms. The molecule has 0 bridgehead atoms. The van der Waals surface area contributed by atoms with Crippen LogP contribution in [0.3, 0.4) is 0 Å². The van der Waals surface area contributed by atoms with Crippen LogP contribution in [-0.2, 0) is 20.9 Å². The second kappa shape index (κ2) is 6.94. The van der Waals surface area contributed by atoms with Gasteiger partial charge < -0.3 is 8.92 Å². The summed E-state index contributed by atoms with van der Waals surface area (Å²) in [6.45, 7) is 0.244. The topological polar surface area (TPSA) is 69.7 Å². The van der Waals surface area contributed by atoms with Gasteiger partial charge in [-0.05, 0) is 34.5 Å². The third kappa shape index (κ3) is 4.36. The maximum Gasteiger partial charge on any atom is 0.357 e. The summed E-state index contributed by atoms with van der Waals surface area (Å²) in [6.07, 6.45) is 0.823. The molecule has 0 aliphatic heterocycles. The van der Waals surface area contributed by atoms with Gasteiger partial charge in [0.1, 0.15) is 17.9 Å². The van der Waals surface area contributed by atoms with E-state index in [0.717, 1.165) is 22.6 Å². The lowest BCUT2D eigenvalue weighted by molar-refractivity contribution is 0.0743. The van der Waals surface area contributed by atoms with Crippen molar-refractivity contribution in [3.63, 3.8) is 0 Å². The first-order valence-corrected chi connectivity index (χ1v) is 9.37. The number of para-hydroxylation sites is 1. The smallest absolute Gasteiger partial charge is 0.357 e. The first-order chi connectivity index (χ1) is 11.9. The molecule has 3 aromatic carbocycles. The van der Waals surface area contributed by atoms with E-state index in [9.17, 15) is 13.2 Å². The van der Waals surface area contributed by atoms with Crippen LogP contribution in [0, 0.1) is 0 Å². The summed E-state index contributed by atoms with van der Waals surface area (Å²) in [5.74, 6) is -0.694. The fraction of sp³-hybridized carbons (Fsp3) is 0.105. The third-order valence-electron chi connectivity index (χ3n) is 3.54. The van der Waals surface area contributed by atoms with E-state index in [0.29, 0.717) is 0 Å². The zero-order valence-corrected chi connectivity index (χ0v) is 14.3. The van der Waals surface area contributed by atoms with Gasteiger partial charge in [0.2, 0.25) is 0 Å². The number of ether oxygens (including phenoxy) is 1. The highest BCUT2D eigenvalue weighted by molar-refractivity contribution is 7.86. The van der Waals surface area contributed by atoms with E-state index in [1.165, 1.54) is 6.07 Å². The second-order valence-corrected chi connectivity index (χ2v) is 7.12. The molecule has 0 radical (unpaired) electrons. The Labute approximate surface area is 145 Å². The number of rotatable bonds is 5. The SMILES string of the molecule is CS(=O)(=O)OC(=O)c1ccccc1OCc1ccc2ccccc2c1. The summed E-state index contributed by atoms with van der Waals surface area (Å²) < 4.78 is 32.4. The van der Waals surface area contributed by atoms with E-state index in [2.05, 4.69) is 4.18 Å². The summed E-state index contributed by atoms with van der Waals surface area (Å²) >= 11 is 0. The Bertz CT molecular complexity index is 1020. The highest BCUT2D eigenvalue weighted by Gasteiger charge is 2.18. The molecule has 0 aliphatic rings. The first kappa shape index (κ1) is 17.0. The maximum atomic E-state index is 12.0. The zero-order valence-electron chi connectivity index (χ0n) is 13.5. The Morgan fingerprint density at radius 2 is 1.60 bits per heavy atom. The normalized spacial score (nSPS) is 11.2. The maximum absolute atomic E-state index is 12.0. The lowest BCUT2D eigenvalue weighted by Gasteiger charge is -2.11. The Morgan fingerprint density at radius 3 is 2.36 bits per heavy atom. The molecule has 0 atom stereocenters. The number of benzene rings is 3. The second-order valence-electron chi connectivity index (χ2n) is 5.54. The van der Waals surface area contributed by atoms with Crippen molar-refractivity contribution in [3.8, 4) is 5.75 Å². The average molecular weight is 356 g/mol. The Hall–Kier alpha value is -2.86. The minimum Gasteiger partial charge on any atom is -0.488 e. The monoisotopic (exact) mass is 356 g/mol. The molecular formula is C19H16O5S. The van der Waals surface area contributed by atoms with E-state index in [4.69, 9.17) is 4.74 Å². The number of fused-ring (bicyclic) bond motifs is 1. The van der Waals surface area contributed by atoms with Gasteiger partial charge in [0.15, 0.2) is 0 Å². The fourth-order valence-electron chi connectivity index (χ4n) is 2.43. The first-order valence-electron chi connectivity index (χ1n) is 7.56. The molecule has 0 saturated heterocycles. The summed E-state index contributed by atoms with van der Waals surface area (Å²) in [5, 5.41) is 2.22. The summed E-state index contributed by atoms with van der Waals surface area (Å²) in [5.41, 5.74) is 0.999. The molecule has 0 amide bonds. The van der Waals surface area contributed by atoms with Gasteiger partial charge in [-0.25, -0.2) is 4.79 Å². The Kier molecular flexibility index (Phi) is 4.72. The highest BCUT2D eigenvalue weighted by atomic mass is 32.2. The average Bonchev–Trinajstić information content (AvgIpc) is 2.58. The van der Waals surface area contributed by atoms with Crippen molar-refractivity contribution in [2.24, 2.45) is 0 Å². The van der Waals surface area contributed by atoms with Gasteiger partial charge in [-0.15, -0.1) is 0 Å². The van der Waals surface area contributed by atoms with Crippen LogP contribution in [0.2, 0.25) is 0 Å². The van der Waals surface area contributed by atoms with Crippen LogP contribution in [0.25, 0.3) is 10.8 Å². The van der Waals surface area contributed by atoms with Gasteiger partial charge >= 0.3 is 16.1 Å². The predicted octanol–water partition coefficient (Wildman–Crippen LogP) is 3.54. The number of hydrogen-bond donors (Lipinski definition) is 0. The minimum atomic E-state index is -3.88. The van der Waals surface area contributed by atoms with E-state index in [-0.39, 0.29) is 17.9 Å². The molecule has 0 N–H and O–H groups in total. The van der Waals surface area contributed by atoms with Crippen LogP contribution < -0.4 is 4.74 Å². The quantitative estimate of drug-likeness (QED) is 0.654. The standard InChI is InChI=1S/C19H16O5S/c1-25(21,22)24-19(20)17-8-4-5-9-18(17)23-13-14-10-11-15-6-2-3-7-16(15)12-14/h2-12H,13H2,1H3. The number of carbonyl (C=O) groups excluding carboxylic acids is 1. The third-order valence-corrected chi connectivity index (χ3v) is 4.00. The molecule has 0 unspecified atom stereocenters. The minimum absolute atomic E-state index is 0.0636. The van der Waals surface area contributed by atoms with Crippen LogP contribution >= 0.6 is 0 Å². The lowest BCUT2D eigenvalue weighted by atomic mass is 10.1. The van der Waals surface area contributed by atoms with Crippen molar-refractivity contribution < 1.29 is 22.1 Å². The van der Waals surface area contributed by atoms with Gasteiger partial charge in [0.25, 0.3) is 0 Å². The molecule has 3 rings (SSSR count). The van der Waals surface area contributed by atoms with E-state index in [1.54, 1.807) is 18.2 Å². The molecule has 3 aromatic rings. The summed E-state index contributed by atoms with van der Waals surface area (Å²) in [6, 6.07) is 20.3. The zero-order chi connectivity index (χ0) is 17.9. The summed E-state index contributed by atoms with van der Waals surface area (Å²) in [7, 11) is -3.88. The van der Waals surface area contributed by atoms with Crippen LogP contribution in [0.5, 0.6) is 5.75 Å². The largest absolute Gasteiger partial charge is 0.488 e. The van der Waals surface area contributed by atoms with Crippen LogP contribution in [0.4, 0.5) is 0 Å². The Morgan fingerprint density at radius 1 is 0.920 bits per heavy atom. The summed E-state index contributed by atoms with van der Waals surface area (Å²) in [4.78, 5) is 12.0. The molecule has 0 fully saturated rings. The van der Waals surface area contributed by atoms with Gasteiger partial charge in [0, 0.05) is 0 Å². The number of hydrogen-bond acceptors (Lipinski definition) is 5. The van der Waals surface area contributed by atoms with E-state index in [1.807, 2.05) is 42.5 Å². The van der Waals surface area contributed by atoms with Crippen molar-refractivity contribution in [1.82, 2.24) is 0 Å². The Balaban J connectivity index is 1.79. The highest BCUT2D eigenvalue weighted by Crippen LogP contribution is 2.22. The molecule has 0 aromatic heterocycles. The van der Waals surface area contributed by atoms with Gasteiger partial charge in [-0.3, -0.25) is 0 Å². The molecule has 25 heavy (non-hydrogen) atoms. The molecule has 0 heterocycles. The van der Waals surface area contributed by atoms with Gasteiger partial charge in [0.05, 0.1) is 6.26 Å². The van der Waals surface area contributed by atoms with Crippen LogP contribution in [0.15, 0.2) is 66.7 Å². The van der Waals surface area contributed by atoms with Crippen molar-refractivity contribution >= 4 is 26.9 Å². The van der Waals surface area contributed by atoms with E-state index < -0.39 is 16.1 Å². The van der Waals surface area contributed by atoms with Crippen molar-refractivity contribution in [2.75, 3.05) is 6.26 Å². The molecule has 5 nitrogen and oxygen atoms in total. The van der Waals surface area contributed by atoms with Crippen molar-refractivity contribution in [1.29, 1.82) is 0 Å². The van der Waals surface area contributed by atoms with Crippen molar-refractivity contribution in [3.05, 3.63) is 77.9 Å². The lowest BCUT2D eigenvalue weighted by Crippen LogP contribution is -2.13.